The van der Waals surface area contributed by atoms with Gasteiger partial charge in [-0.25, -0.2) is 9.59 Å². The van der Waals surface area contributed by atoms with Crippen LogP contribution in [0.1, 0.15) is 6.92 Å². The molecule has 8 heteroatoms. The van der Waals surface area contributed by atoms with Crippen LogP contribution in [-0.4, -0.2) is 43.0 Å². The van der Waals surface area contributed by atoms with Crippen LogP contribution in [0.15, 0.2) is 59.4 Å². The number of aliphatic hydroxyl groups is 1. The quantitative estimate of drug-likeness (QED) is 0.335. The molecule has 0 aliphatic rings. The molecule has 1 atom stereocenters. The molecule has 0 saturated heterocycles. The smallest absolute Gasteiger partial charge is 0.344 e. The number of fused-ring (bicyclic) bond motifs is 2. The van der Waals surface area contributed by atoms with Crippen LogP contribution in [-0.2, 0) is 19.1 Å². The molecular weight excluding hydrogens is 408 g/mol. The van der Waals surface area contributed by atoms with Gasteiger partial charge in [-0.1, -0.05) is 24.8 Å². The van der Waals surface area contributed by atoms with Crippen molar-refractivity contribution in [1.29, 1.82) is 0 Å². The fourth-order valence-electron chi connectivity index (χ4n) is 2.62. The Kier molecular flexibility index (Phi) is 6.81. The minimum absolute atomic E-state index is 0.0974. The van der Waals surface area contributed by atoms with Gasteiger partial charge in [0.05, 0.1) is 4.70 Å². The standard InChI is InChI=1S/C22H20O7S/c1-13(2)22(26)29-11-14(23)10-28-19(24)12-27-17-8-5-7-16-20(25)15-6-3-4-9-18(15)30-21(16)17/h3-9,14,23H,1,10-12H2,2H3. The predicted molar refractivity (Wildman–Crippen MR) is 114 cm³/mol. The van der Waals surface area contributed by atoms with Crippen molar-refractivity contribution in [2.75, 3.05) is 19.8 Å². The van der Waals surface area contributed by atoms with Crippen molar-refractivity contribution in [2.45, 2.75) is 13.0 Å². The molecule has 0 radical (unpaired) electrons. The van der Waals surface area contributed by atoms with E-state index in [4.69, 9.17) is 14.2 Å². The van der Waals surface area contributed by atoms with Crippen molar-refractivity contribution in [3.05, 3.63) is 64.8 Å². The molecule has 0 saturated carbocycles. The van der Waals surface area contributed by atoms with Gasteiger partial charge in [0, 0.05) is 21.0 Å². The van der Waals surface area contributed by atoms with Crippen LogP contribution in [0.3, 0.4) is 0 Å². The molecule has 0 amide bonds. The zero-order chi connectivity index (χ0) is 21.7. The van der Waals surface area contributed by atoms with Gasteiger partial charge in [0.2, 0.25) is 0 Å². The maximum atomic E-state index is 12.7. The van der Waals surface area contributed by atoms with E-state index in [2.05, 4.69) is 6.58 Å². The summed E-state index contributed by atoms with van der Waals surface area (Å²) in [5, 5.41) is 10.9. The lowest BCUT2D eigenvalue weighted by Crippen LogP contribution is -2.27. The average Bonchev–Trinajstić information content (AvgIpc) is 2.74. The number of benzene rings is 2. The number of hydrogen-bond donors (Lipinski definition) is 1. The molecule has 1 unspecified atom stereocenters. The molecule has 3 rings (SSSR count). The van der Waals surface area contributed by atoms with E-state index in [1.165, 1.54) is 18.3 Å². The van der Waals surface area contributed by atoms with Crippen LogP contribution in [0, 0.1) is 0 Å². The maximum absolute atomic E-state index is 12.7. The van der Waals surface area contributed by atoms with Crippen molar-refractivity contribution in [3.63, 3.8) is 0 Å². The Bertz CT molecular complexity index is 1170. The number of esters is 2. The molecule has 3 aromatic rings. The molecule has 1 aromatic heterocycles. The molecule has 30 heavy (non-hydrogen) atoms. The van der Waals surface area contributed by atoms with Gasteiger partial charge in [0.25, 0.3) is 0 Å². The van der Waals surface area contributed by atoms with Crippen molar-refractivity contribution in [2.24, 2.45) is 0 Å². The van der Waals surface area contributed by atoms with E-state index in [9.17, 15) is 19.5 Å². The molecule has 0 fully saturated rings. The fourth-order valence-corrected chi connectivity index (χ4v) is 3.76. The first-order valence-electron chi connectivity index (χ1n) is 9.10. The minimum atomic E-state index is -1.16. The highest BCUT2D eigenvalue weighted by Gasteiger charge is 2.14. The van der Waals surface area contributed by atoms with E-state index in [0.717, 1.165) is 4.70 Å². The van der Waals surface area contributed by atoms with Crippen molar-refractivity contribution < 1.29 is 28.9 Å². The molecule has 2 aromatic carbocycles. The molecule has 1 heterocycles. The normalized spacial score (nSPS) is 11.8. The lowest BCUT2D eigenvalue weighted by molar-refractivity contribution is -0.152. The molecule has 0 spiro atoms. The summed E-state index contributed by atoms with van der Waals surface area (Å²) >= 11 is 1.40. The Morgan fingerprint density at radius 1 is 1.07 bits per heavy atom. The summed E-state index contributed by atoms with van der Waals surface area (Å²) in [5.41, 5.74) is 0.109. The summed E-state index contributed by atoms with van der Waals surface area (Å²) in [6, 6.07) is 12.4. The van der Waals surface area contributed by atoms with E-state index in [1.807, 2.05) is 18.2 Å². The summed E-state index contributed by atoms with van der Waals surface area (Å²) < 4.78 is 16.7. The van der Waals surface area contributed by atoms with Gasteiger partial charge in [0.15, 0.2) is 12.0 Å². The lowest BCUT2D eigenvalue weighted by atomic mass is 10.2. The minimum Gasteiger partial charge on any atom is -0.480 e. The summed E-state index contributed by atoms with van der Waals surface area (Å²) in [6.07, 6.45) is -1.16. The fraction of sp³-hybridized carbons (Fsp3) is 0.227. The topological polar surface area (TPSA) is 99.1 Å². The first kappa shape index (κ1) is 21.5. The monoisotopic (exact) mass is 428 g/mol. The largest absolute Gasteiger partial charge is 0.480 e. The van der Waals surface area contributed by atoms with Gasteiger partial charge in [-0.15, -0.1) is 11.3 Å². The Morgan fingerprint density at radius 3 is 2.53 bits per heavy atom. The SMILES string of the molecule is C=C(C)C(=O)OCC(O)COC(=O)COc1cccc2c(=O)c3ccccc3sc12. The Balaban J connectivity index is 1.62. The molecule has 0 bridgehead atoms. The Hall–Kier alpha value is -3.23. The summed E-state index contributed by atoms with van der Waals surface area (Å²) in [4.78, 5) is 35.9. The van der Waals surface area contributed by atoms with E-state index in [1.54, 1.807) is 24.3 Å². The van der Waals surface area contributed by atoms with Gasteiger partial charge >= 0.3 is 11.9 Å². The van der Waals surface area contributed by atoms with Crippen LogP contribution in [0.2, 0.25) is 0 Å². The number of aliphatic hydroxyl groups excluding tert-OH is 1. The van der Waals surface area contributed by atoms with Crippen molar-refractivity contribution >= 4 is 43.4 Å². The van der Waals surface area contributed by atoms with Crippen molar-refractivity contribution in [3.8, 4) is 5.75 Å². The van der Waals surface area contributed by atoms with E-state index in [-0.39, 0.29) is 24.2 Å². The predicted octanol–water partition coefficient (Wildman–Crippen LogP) is 2.82. The number of carbonyl (C=O) groups is 2. The zero-order valence-electron chi connectivity index (χ0n) is 16.3. The number of hydrogen-bond acceptors (Lipinski definition) is 8. The van der Waals surface area contributed by atoms with Crippen molar-refractivity contribution in [1.82, 2.24) is 0 Å². The second kappa shape index (κ2) is 9.51. The van der Waals surface area contributed by atoms with E-state index in [0.29, 0.717) is 21.2 Å². The van der Waals surface area contributed by atoms with Crippen LogP contribution in [0.5, 0.6) is 5.75 Å². The molecule has 0 aliphatic carbocycles. The van der Waals surface area contributed by atoms with Gasteiger partial charge < -0.3 is 19.3 Å². The molecule has 0 aliphatic heterocycles. The lowest BCUT2D eigenvalue weighted by Gasteiger charge is -2.13. The van der Waals surface area contributed by atoms with Gasteiger partial charge in [0.1, 0.15) is 25.1 Å². The third kappa shape index (κ3) is 5.03. The highest BCUT2D eigenvalue weighted by atomic mass is 32.1. The van der Waals surface area contributed by atoms with E-state index >= 15 is 0 Å². The first-order chi connectivity index (χ1) is 14.4. The average molecular weight is 428 g/mol. The number of rotatable bonds is 8. The van der Waals surface area contributed by atoms with E-state index < -0.39 is 24.6 Å². The molecular formula is C22H20O7S. The van der Waals surface area contributed by atoms with Crippen LogP contribution in [0.25, 0.3) is 20.2 Å². The first-order valence-corrected chi connectivity index (χ1v) is 9.92. The van der Waals surface area contributed by atoms with Crippen LogP contribution < -0.4 is 10.2 Å². The van der Waals surface area contributed by atoms with Gasteiger partial charge in [-0.3, -0.25) is 4.79 Å². The molecule has 156 valence electrons. The van der Waals surface area contributed by atoms with Crippen LogP contribution in [0.4, 0.5) is 0 Å². The maximum Gasteiger partial charge on any atom is 0.344 e. The highest BCUT2D eigenvalue weighted by molar-refractivity contribution is 7.24. The molecule has 1 N–H and O–H groups in total. The zero-order valence-corrected chi connectivity index (χ0v) is 17.1. The number of ether oxygens (including phenoxy) is 3. The third-order valence-corrected chi connectivity index (χ3v) is 5.31. The Labute approximate surface area is 176 Å². The second-order valence-electron chi connectivity index (χ2n) is 6.56. The second-order valence-corrected chi connectivity index (χ2v) is 7.62. The summed E-state index contributed by atoms with van der Waals surface area (Å²) in [7, 11) is 0. The molecule has 7 nitrogen and oxygen atoms in total. The third-order valence-electron chi connectivity index (χ3n) is 4.10. The Morgan fingerprint density at radius 2 is 1.77 bits per heavy atom. The van der Waals surface area contributed by atoms with Crippen LogP contribution >= 0.6 is 11.3 Å². The van der Waals surface area contributed by atoms with Gasteiger partial charge in [-0.2, -0.15) is 0 Å². The van der Waals surface area contributed by atoms with Gasteiger partial charge in [-0.05, 0) is 31.2 Å². The highest BCUT2D eigenvalue weighted by Crippen LogP contribution is 2.31. The number of carbonyl (C=O) groups excluding carboxylic acids is 2. The summed E-state index contributed by atoms with van der Waals surface area (Å²) in [6.45, 7) is 3.85. The summed E-state index contributed by atoms with van der Waals surface area (Å²) in [5.74, 6) is -0.940.